The first-order chi connectivity index (χ1) is 32.1. The predicted octanol–water partition coefficient (Wildman–Crippen LogP) is 8.20. The molecule has 66 heavy (non-hydrogen) atoms. The molecule has 3 aliphatic heterocycles. The van der Waals surface area contributed by atoms with Gasteiger partial charge >= 0.3 is 0 Å². The molecule has 0 unspecified atom stereocenters. The Morgan fingerprint density at radius 1 is 0.530 bits per heavy atom. The molecule has 1 fully saturated rings. The van der Waals surface area contributed by atoms with E-state index in [2.05, 4.69) is 117 Å². The summed E-state index contributed by atoms with van der Waals surface area (Å²) in [6, 6.07) is 37.4. The quantitative estimate of drug-likeness (QED) is 0.108. The molecule has 340 valence electrons. The number of piperazine rings is 1. The second kappa shape index (κ2) is 20.3. The number of anilines is 4. The van der Waals surface area contributed by atoms with Gasteiger partial charge in [-0.05, 0) is 72.2 Å². The number of nitrogens with one attached hydrogen (secondary N) is 3. The lowest BCUT2D eigenvalue weighted by molar-refractivity contribution is 0.249. The SMILES string of the molecule is C.COc1ccc(CN2CCCc3[nH]nc4nc(N5CCN(Cc6ccccc6)CC5)nc2c34)cc1.COc1ccc(CN2CCCc3[nH]nc4nc(NCc5ccccc5)nc2c34)cc1. The molecular formula is C51H59N13O2. The minimum atomic E-state index is 0. The van der Waals surface area contributed by atoms with Gasteiger partial charge in [-0.3, -0.25) is 15.1 Å². The van der Waals surface area contributed by atoms with E-state index < -0.39 is 0 Å². The van der Waals surface area contributed by atoms with E-state index in [9.17, 15) is 0 Å². The number of aromatic amines is 2. The molecule has 4 aromatic carbocycles. The third-order valence-corrected chi connectivity index (χ3v) is 12.5. The highest BCUT2D eigenvalue weighted by Gasteiger charge is 2.27. The largest absolute Gasteiger partial charge is 0.497 e. The molecule has 0 bridgehead atoms. The number of hydrogen-bond donors (Lipinski definition) is 3. The van der Waals surface area contributed by atoms with Crippen LogP contribution in [0.1, 0.15) is 53.9 Å². The number of hydrogen-bond acceptors (Lipinski definition) is 13. The summed E-state index contributed by atoms with van der Waals surface area (Å²) in [6.07, 6.45) is 4.00. The van der Waals surface area contributed by atoms with Gasteiger partial charge in [0.25, 0.3) is 0 Å². The molecule has 11 rings (SSSR count). The Labute approximate surface area is 386 Å². The van der Waals surface area contributed by atoms with Gasteiger partial charge in [0.2, 0.25) is 11.9 Å². The maximum absolute atomic E-state index is 5.33. The van der Waals surface area contributed by atoms with Crippen LogP contribution in [0.15, 0.2) is 109 Å². The lowest BCUT2D eigenvalue weighted by Crippen LogP contribution is -2.46. The van der Waals surface area contributed by atoms with Crippen molar-refractivity contribution < 1.29 is 9.47 Å². The number of methoxy groups -OCH3 is 2. The minimum absolute atomic E-state index is 0. The summed E-state index contributed by atoms with van der Waals surface area (Å²) in [6.45, 7) is 8.91. The summed E-state index contributed by atoms with van der Waals surface area (Å²) in [5.74, 6) is 5.05. The van der Waals surface area contributed by atoms with Crippen molar-refractivity contribution in [2.75, 3.05) is 73.5 Å². The molecule has 1 saturated heterocycles. The molecule has 0 radical (unpaired) electrons. The van der Waals surface area contributed by atoms with E-state index in [1.54, 1.807) is 14.2 Å². The van der Waals surface area contributed by atoms with Crippen LogP contribution in [0.25, 0.3) is 22.1 Å². The van der Waals surface area contributed by atoms with Crippen molar-refractivity contribution in [1.29, 1.82) is 0 Å². The van der Waals surface area contributed by atoms with Gasteiger partial charge in [0.1, 0.15) is 23.1 Å². The Hall–Kier alpha value is -7.26. The van der Waals surface area contributed by atoms with Gasteiger partial charge in [0, 0.05) is 76.8 Å². The minimum Gasteiger partial charge on any atom is -0.497 e. The van der Waals surface area contributed by atoms with Crippen LogP contribution in [0, 0.1) is 0 Å². The Kier molecular flexibility index (Phi) is 13.5. The summed E-state index contributed by atoms with van der Waals surface area (Å²) in [5.41, 5.74) is 8.75. The number of aryl methyl sites for hydroxylation is 2. The molecule has 0 spiro atoms. The van der Waals surface area contributed by atoms with Crippen molar-refractivity contribution in [2.24, 2.45) is 0 Å². The van der Waals surface area contributed by atoms with Crippen molar-refractivity contribution in [2.45, 2.75) is 59.3 Å². The number of nitrogens with zero attached hydrogens (tertiary/aromatic N) is 10. The fraction of sp³-hybridized carbons (Fsp3) is 0.333. The van der Waals surface area contributed by atoms with E-state index in [-0.39, 0.29) is 7.43 Å². The first-order valence-electron chi connectivity index (χ1n) is 22.6. The zero-order valence-corrected chi connectivity index (χ0v) is 37.1. The second-order valence-corrected chi connectivity index (χ2v) is 16.9. The van der Waals surface area contributed by atoms with Crippen LogP contribution < -0.4 is 29.5 Å². The van der Waals surface area contributed by atoms with Crippen molar-refractivity contribution in [3.63, 3.8) is 0 Å². The lowest BCUT2D eigenvalue weighted by Gasteiger charge is -2.35. The first kappa shape index (κ1) is 44.0. The molecule has 0 amide bonds. The first-order valence-corrected chi connectivity index (χ1v) is 22.6. The van der Waals surface area contributed by atoms with E-state index in [1.807, 2.05) is 42.5 Å². The van der Waals surface area contributed by atoms with Crippen molar-refractivity contribution in [3.8, 4) is 11.5 Å². The number of benzene rings is 4. The molecule has 15 nitrogen and oxygen atoms in total. The standard InChI is InChI=1S/C27H31N7O.C23H24N6O.CH4/c1-35-22-11-9-21(10-12-22)19-34-13-5-8-23-24-25(31-30-23)28-27(29-26(24)34)33-16-14-32(15-17-33)18-20-6-3-2-4-7-20;1-30-18-11-9-17(10-12-18)15-29-13-5-8-19-20-21(28-27-19)25-23(26-22(20)29)24-14-16-6-3-2-4-7-16;/h2-4,6-7,9-12H,5,8,13-19H2,1H3,(H,28,29,30,31);2-4,6-7,9-12H,5,8,13-15H2,1H3,(H2,24,25,26,27,28);1H4. The molecule has 0 aliphatic carbocycles. The number of aromatic nitrogens is 8. The monoisotopic (exact) mass is 885 g/mol. The number of ether oxygens (including phenoxy) is 2. The predicted molar refractivity (Wildman–Crippen MR) is 263 cm³/mol. The van der Waals surface area contributed by atoms with Gasteiger partial charge in [-0.25, -0.2) is 0 Å². The Bertz CT molecular complexity index is 2810. The number of rotatable bonds is 12. The van der Waals surface area contributed by atoms with E-state index in [0.717, 1.165) is 141 Å². The third-order valence-electron chi connectivity index (χ3n) is 12.5. The van der Waals surface area contributed by atoms with Gasteiger partial charge < -0.3 is 29.5 Å². The zero-order valence-electron chi connectivity index (χ0n) is 37.1. The summed E-state index contributed by atoms with van der Waals surface area (Å²) >= 11 is 0. The van der Waals surface area contributed by atoms with Crippen LogP contribution in [0.2, 0.25) is 0 Å². The highest BCUT2D eigenvalue weighted by Crippen LogP contribution is 2.34. The van der Waals surface area contributed by atoms with Crippen LogP contribution in [-0.2, 0) is 39.0 Å². The van der Waals surface area contributed by atoms with Crippen molar-refractivity contribution in [1.82, 2.24) is 45.2 Å². The van der Waals surface area contributed by atoms with Crippen molar-refractivity contribution in [3.05, 3.63) is 143 Å². The van der Waals surface area contributed by atoms with Gasteiger partial charge in [-0.15, -0.1) is 0 Å². The van der Waals surface area contributed by atoms with E-state index >= 15 is 0 Å². The molecular weight excluding hydrogens is 827 g/mol. The molecule has 3 aliphatic rings. The van der Waals surface area contributed by atoms with Crippen LogP contribution >= 0.6 is 0 Å². The summed E-state index contributed by atoms with van der Waals surface area (Å²) < 4.78 is 10.6. The molecule has 8 aromatic rings. The van der Waals surface area contributed by atoms with E-state index in [0.29, 0.717) is 18.1 Å². The second-order valence-electron chi connectivity index (χ2n) is 16.9. The average Bonchev–Trinajstić information content (AvgIpc) is 3.86. The molecule has 0 atom stereocenters. The molecule has 15 heteroatoms. The highest BCUT2D eigenvalue weighted by atomic mass is 16.5. The van der Waals surface area contributed by atoms with Crippen LogP contribution in [0.4, 0.5) is 23.5 Å². The van der Waals surface area contributed by atoms with Gasteiger partial charge in [-0.1, -0.05) is 92.4 Å². The summed E-state index contributed by atoms with van der Waals surface area (Å²) in [5, 5.41) is 20.9. The van der Waals surface area contributed by atoms with E-state index in [4.69, 9.17) is 24.4 Å². The zero-order chi connectivity index (χ0) is 44.0. The smallest absolute Gasteiger partial charge is 0.229 e. The van der Waals surface area contributed by atoms with Gasteiger partial charge in [-0.2, -0.15) is 30.1 Å². The summed E-state index contributed by atoms with van der Waals surface area (Å²) in [4.78, 5) is 29.1. The maximum atomic E-state index is 5.33. The number of H-pyrrole nitrogens is 2. The molecule has 4 aromatic heterocycles. The fourth-order valence-electron chi connectivity index (χ4n) is 9.00. The van der Waals surface area contributed by atoms with Crippen LogP contribution in [-0.4, -0.2) is 98.7 Å². The third kappa shape index (κ3) is 9.86. The molecule has 3 N–H and O–H groups in total. The van der Waals surface area contributed by atoms with Gasteiger partial charge in [0.05, 0.1) is 25.0 Å². The van der Waals surface area contributed by atoms with Gasteiger partial charge in [0.15, 0.2) is 11.3 Å². The Balaban J connectivity index is 0.000000165. The lowest BCUT2D eigenvalue weighted by atomic mass is 10.2. The average molecular weight is 886 g/mol. The normalized spacial score (nSPS) is 14.8. The molecule has 0 saturated carbocycles. The van der Waals surface area contributed by atoms with Crippen molar-refractivity contribution >= 4 is 45.6 Å². The Morgan fingerprint density at radius 3 is 1.58 bits per heavy atom. The van der Waals surface area contributed by atoms with Crippen LogP contribution in [0.3, 0.4) is 0 Å². The Morgan fingerprint density at radius 2 is 1.03 bits per heavy atom. The van der Waals surface area contributed by atoms with E-state index in [1.165, 1.54) is 22.3 Å². The fourth-order valence-corrected chi connectivity index (χ4v) is 9.00. The maximum Gasteiger partial charge on any atom is 0.229 e. The summed E-state index contributed by atoms with van der Waals surface area (Å²) in [7, 11) is 3.39. The molecule has 7 heterocycles. The van der Waals surface area contributed by atoms with Crippen LogP contribution in [0.5, 0.6) is 11.5 Å². The topological polar surface area (TPSA) is 152 Å². The highest BCUT2D eigenvalue weighted by molar-refractivity contribution is 5.92.